The highest BCUT2D eigenvalue weighted by atomic mass is 16.1. The largest absolute Gasteiger partial charge is 0.399 e. The maximum Gasteiger partial charge on any atom is 0.225 e. The van der Waals surface area contributed by atoms with E-state index in [1.807, 2.05) is 12.1 Å². The number of rotatable bonds is 6. The van der Waals surface area contributed by atoms with Gasteiger partial charge in [-0.3, -0.25) is 4.79 Å². The van der Waals surface area contributed by atoms with E-state index in [1.54, 1.807) is 12.1 Å². The Morgan fingerprint density at radius 3 is 2.63 bits per heavy atom. The van der Waals surface area contributed by atoms with E-state index in [0.29, 0.717) is 18.2 Å². The van der Waals surface area contributed by atoms with Gasteiger partial charge in [-0.1, -0.05) is 0 Å². The van der Waals surface area contributed by atoms with Crippen LogP contribution in [0.4, 0.5) is 11.4 Å². The Morgan fingerprint density at radius 1 is 1.42 bits per heavy atom. The first-order valence-electron chi connectivity index (χ1n) is 6.92. The lowest BCUT2D eigenvalue weighted by atomic mass is 10.2. The zero-order chi connectivity index (χ0) is 13.8. The fourth-order valence-electron chi connectivity index (χ4n) is 2.21. The fraction of sp³-hybridized carbons (Fsp3) is 0.533. The molecule has 4 nitrogen and oxygen atoms in total. The molecular weight excluding hydrogens is 238 g/mol. The molecule has 0 radical (unpaired) electrons. The zero-order valence-corrected chi connectivity index (χ0v) is 11.7. The third-order valence-corrected chi connectivity index (χ3v) is 3.89. The Bertz CT molecular complexity index is 426. The van der Waals surface area contributed by atoms with Crippen LogP contribution < -0.4 is 11.1 Å². The Hall–Kier alpha value is -1.55. The number of nitrogens with one attached hydrogen (secondary N) is 1. The van der Waals surface area contributed by atoms with E-state index in [1.165, 1.54) is 12.8 Å². The minimum Gasteiger partial charge on any atom is -0.399 e. The van der Waals surface area contributed by atoms with Crippen molar-refractivity contribution in [2.24, 2.45) is 5.92 Å². The SMILES string of the molecule is CC(C1CC1)N(C)CCC(=O)Nc1ccc(N)cc1. The van der Waals surface area contributed by atoms with Crippen LogP contribution in [0.15, 0.2) is 24.3 Å². The summed E-state index contributed by atoms with van der Waals surface area (Å²) in [5.41, 5.74) is 7.11. The monoisotopic (exact) mass is 261 g/mol. The van der Waals surface area contributed by atoms with E-state index in [-0.39, 0.29) is 5.91 Å². The molecule has 0 saturated heterocycles. The summed E-state index contributed by atoms with van der Waals surface area (Å²) in [7, 11) is 2.10. The van der Waals surface area contributed by atoms with E-state index < -0.39 is 0 Å². The van der Waals surface area contributed by atoms with E-state index in [0.717, 1.165) is 18.2 Å². The number of anilines is 2. The molecule has 104 valence electrons. The number of hydrogen-bond donors (Lipinski definition) is 2. The van der Waals surface area contributed by atoms with Crippen molar-refractivity contribution < 1.29 is 4.79 Å². The molecule has 1 amide bonds. The van der Waals surface area contributed by atoms with Crippen molar-refractivity contribution in [2.75, 3.05) is 24.6 Å². The highest BCUT2D eigenvalue weighted by Gasteiger charge is 2.30. The van der Waals surface area contributed by atoms with Gasteiger partial charge in [-0.05, 0) is 57.0 Å². The van der Waals surface area contributed by atoms with E-state index in [4.69, 9.17) is 5.73 Å². The first-order chi connectivity index (χ1) is 9.06. The highest BCUT2D eigenvalue weighted by Crippen LogP contribution is 2.34. The number of benzene rings is 1. The Labute approximate surface area is 115 Å². The van der Waals surface area contributed by atoms with Crippen LogP contribution >= 0.6 is 0 Å². The lowest BCUT2D eigenvalue weighted by molar-refractivity contribution is -0.116. The van der Waals surface area contributed by atoms with Crippen molar-refractivity contribution in [3.05, 3.63) is 24.3 Å². The number of amides is 1. The van der Waals surface area contributed by atoms with Gasteiger partial charge in [0.1, 0.15) is 0 Å². The topological polar surface area (TPSA) is 58.4 Å². The standard InChI is InChI=1S/C15H23N3O/c1-11(12-3-4-12)18(2)10-9-15(19)17-14-7-5-13(16)6-8-14/h5-8,11-12H,3-4,9-10,16H2,1-2H3,(H,17,19). The molecule has 0 spiro atoms. The van der Waals surface area contributed by atoms with E-state index in [2.05, 4.69) is 24.2 Å². The van der Waals surface area contributed by atoms with Gasteiger partial charge in [0.05, 0.1) is 0 Å². The summed E-state index contributed by atoms with van der Waals surface area (Å²) in [6, 6.07) is 7.81. The van der Waals surface area contributed by atoms with Gasteiger partial charge < -0.3 is 16.0 Å². The third-order valence-electron chi connectivity index (χ3n) is 3.89. The summed E-state index contributed by atoms with van der Waals surface area (Å²) in [6.07, 6.45) is 3.20. The maximum atomic E-state index is 11.8. The molecule has 1 atom stereocenters. The predicted octanol–water partition coefficient (Wildman–Crippen LogP) is 2.33. The first kappa shape index (κ1) is 13.9. The molecular formula is C15H23N3O. The van der Waals surface area contributed by atoms with Gasteiger partial charge in [0.15, 0.2) is 0 Å². The molecule has 1 fully saturated rings. The molecule has 1 unspecified atom stereocenters. The molecule has 0 aromatic heterocycles. The molecule has 1 saturated carbocycles. The maximum absolute atomic E-state index is 11.8. The molecule has 0 aliphatic heterocycles. The minimum absolute atomic E-state index is 0.0552. The normalized spacial score (nSPS) is 16.4. The summed E-state index contributed by atoms with van der Waals surface area (Å²) in [5, 5.41) is 2.89. The van der Waals surface area contributed by atoms with Gasteiger partial charge in [-0.15, -0.1) is 0 Å². The Kier molecular flexibility index (Phi) is 4.43. The molecule has 2 rings (SSSR count). The summed E-state index contributed by atoms with van der Waals surface area (Å²) in [5.74, 6) is 0.893. The minimum atomic E-state index is 0.0552. The van der Waals surface area contributed by atoms with Crippen LogP contribution in [0.2, 0.25) is 0 Å². The van der Waals surface area contributed by atoms with Crippen molar-refractivity contribution in [1.29, 1.82) is 0 Å². The predicted molar refractivity (Wildman–Crippen MR) is 78.9 cm³/mol. The average molecular weight is 261 g/mol. The van der Waals surface area contributed by atoms with Gasteiger partial charge in [0.25, 0.3) is 0 Å². The first-order valence-corrected chi connectivity index (χ1v) is 6.92. The molecule has 0 bridgehead atoms. The van der Waals surface area contributed by atoms with Crippen LogP contribution in [-0.4, -0.2) is 30.4 Å². The highest BCUT2D eigenvalue weighted by molar-refractivity contribution is 5.90. The summed E-state index contributed by atoms with van der Waals surface area (Å²) >= 11 is 0. The summed E-state index contributed by atoms with van der Waals surface area (Å²) in [6.45, 7) is 3.05. The number of hydrogen-bond acceptors (Lipinski definition) is 3. The number of nitrogen functional groups attached to an aromatic ring is 1. The van der Waals surface area contributed by atoms with Gasteiger partial charge in [0, 0.05) is 30.4 Å². The quantitative estimate of drug-likeness (QED) is 0.773. The zero-order valence-electron chi connectivity index (χ0n) is 11.7. The molecule has 0 heterocycles. The van der Waals surface area contributed by atoms with Gasteiger partial charge in [0.2, 0.25) is 5.91 Å². The average Bonchev–Trinajstić information content (AvgIpc) is 3.22. The van der Waals surface area contributed by atoms with E-state index in [9.17, 15) is 4.79 Å². The molecule has 3 N–H and O–H groups in total. The second kappa shape index (κ2) is 6.06. The van der Waals surface area contributed by atoms with Crippen molar-refractivity contribution in [1.82, 2.24) is 4.90 Å². The van der Waals surface area contributed by atoms with Gasteiger partial charge in [-0.25, -0.2) is 0 Å². The number of carbonyl (C=O) groups excluding carboxylic acids is 1. The number of nitrogens with two attached hydrogens (primary N) is 1. The van der Waals surface area contributed by atoms with Crippen LogP contribution in [0.25, 0.3) is 0 Å². The van der Waals surface area contributed by atoms with Crippen LogP contribution in [0.1, 0.15) is 26.2 Å². The summed E-state index contributed by atoms with van der Waals surface area (Å²) < 4.78 is 0. The molecule has 19 heavy (non-hydrogen) atoms. The smallest absolute Gasteiger partial charge is 0.225 e. The Morgan fingerprint density at radius 2 is 2.05 bits per heavy atom. The van der Waals surface area contributed by atoms with Crippen LogP contribution in [0.5, 0.6) is 0 Å². The molecule has 1 aliphatic carbocycles. The van der Waals surface area contributed by atoms with Gasteiger partial charge in [-0.2, -0.15) is 0 Å². The van der Waals surface area contributed by atoms with Crippen molar-refractivity contribution >= 4 is 17.3 Å². The van der Waals surface area contributed by atoms with Crippen molar-refractivity contribution in [3.8, 4) is 0 Å². The third kappa shape index (κ3) is 4.24. The van der Waals surface area contributed by atoms with Crippen molar-refractivity contribution in [3.63, 3.8) is 0 Å². The molecule has 1 aromatic rings. The van der Waals surface area contributed by atoms with Crippen LogP contribution in [0.3, 0.4) is 0 Å². The van der Waals surface area contributed by atoms with E-state index >= 15 is 0 Å². The lowest BCUT2D eigenvalue weighted by Crippen LogP contribution is -2.33. The summed E-state index contributed by atoms with van der Waals surface area (Å²) in [4.78, 5) is 14.1. The molecule has 4 heteroatoms. The Balaban J connectivity index is 1.73. The van der Waals surface area contributed by atoms with Crippen LogP contribution in [-0.2, 0) is 4.79 Å². The van der Waals surface area contributed by atoms with Crippen molar-refractivity contribution in [2.45, 2.75) is 32.2 Å². The molecule has 1 aromatic carbocycles. The molecule has 1 aliphatic rings. The number of nitrogens with zero attached hydrogens (tertiary/aromatic N) is 1. The van der Waals surface area contributed by atoms with Crippen LogP contribution in [0, 0.1) is 5.92 Å². The fourth-order valence-corrected chi connectivity index (χ4v) is 2.21. The van der Waals surface area contributed by atoms with Gasteiger partial charge >= 0.3 is 0 Å². The second-order valence-electron chi connectivity index (χ2n) is 5.48. The number of carbonyl (C=O) groups is 1. The lowest BCUT2D eigenvalue weighted by Gasteiger charge is -2.24. The second-order valence-corrected chi connectivity index (χ2v) is 5.48.